The third kappa shape index (κ3) is 6.35. The fraction of sp³-hybridized carbons (Fsp3) is 0.435. The number of amides is 1. The molecule has 0 unspecified atom stereocenters. The highest BCUT2D eigenvalue weighted by Crippen LogP contribution is 2.38. The molecule has 4 rings (SSSR count). The normalized spacial score (nSPS) is 14.3. The number of benzene rings is 1. The molecule has 11 heteroatoms. The molecule has 1 amide bonds. The highest BCUT2D eigenvalue weighted by Gasteiger charge is 2.29. The first-order valence-electron chi connectivity index (χ1n) is 10.8. The molecular weight excluding hydrogens is 479 g/mol. The van der Waals surface area contributed by atoms with E-state index in [4.69, 9.17) is 13.2 Å². The summed E-state index contributed by atoms with van der Waals surface area (Å²) in [6, 6.07) is 5.08. The van der Waals surface area contributed by atoms with Crippen molar-refractivity contribution in [3.05, 3.63) is 46.9 Å². The smallest absolute Gasteiger partial charge is 0.410 e. The number of carbonyl (C=O) groups is 1. The maximum Gasteiger partial charge on any atom is 0.410 e. The van der Waals surface area contributed by atoms with Crippen LogP contribution < -0.4 is 5.32 Å². The van der Waals surface area contributed by atoms with E-state index in [2.05, 4.69) is 20.7 Å². The molecule has 182 valence electrons. The summed E-state index contributed by atoms with van der Waals surface area (Å²) in [5.41, 5.74) is 2.83. The number of nitrogens with zero attached hydrogens (tertiary/aromatic N) is 3. The SMILES string of the molecule is Cc1ccc(Nc2ncnc3c(C4CCN(C(=O)OC(C)(C)C)CC4)csc23)c(F)c1.O=S=O. The molecule has 2 aromatic heterocycles. The minimum atomic E-state index is -0.750. The highest BCUT2D eigenvalue weighted by atomic mass is 32.1. The van der Waals surface area contributed by atoms with Gasteiger partial charge < -0.3 is 15.0 Å². The van der Waals surface area contributed by atoms with Gasteiger partial charge in [0.25, 0.3) is 0 Å². The van der Waals surface area contributed by atoms with Crippen LogP contribution in [0.1, 0.15) is 50.7 Å². The molecular formula is C23H27FN4O4S2. The Balaban J connectivity index is 0.00000103. The Hall–Kier alpha value is -2.92. The number of piperidine rings is 1. The van der Waals surface area contributed by atoms with E-state index in [9.17, 15) is 9.18 Å². The molecule has 1 aliphatic heterocycles. The number of carbonyl (C=O) groups excluding carboxylic acids is 1. The summed E-state index contributed by atoms with van der Waals surface area (Å²) in [4.78, 5) is 23.0. The van der Waals surface area contributed by atoms with Crippen LogP contribution in [0.3, 0.4) is 0 Å². The molecule has 1 aliphatic rings. The van der Waals surface area contributed by atoms with Crippen molar-refractivity contribution in [2.24, 2.45) is 0 Å². The number of thiophene rings is 1. The molecule has 3 heterocycles. The number of likely N-dealkylation sites (tertiary alicyclic amines) is 1. The third-order valence-electron chi connectivity index (χ3n) is 5.35. The Bertz CT molecular complexity index is 1200. The largest absolute Gasteiger partial charge is 0.444 e. The fourth-order valence-corrected chi connectivity index (χ4v) is 4.84. The second-order valence-electron chi connectivity index (χ2n) is 9.01. The van der Waals surface area contributed by atoms with Crippen LogP contribution in [0.2, 0.25) is 0 Å². The van der Waals surface area contributed by atoms with Gasteiger partial charge >= 0.3 is 17.7 Å². The first kappa shape index (κ1) is 25.7. The van der Waals surface area contributed by atoms with Gasteiger partial charge in [0.15, 0.2) is 5.82 Å². The number of rotatable bonds is 3. The predicted molar refractivity (Wildman–Crippen MR) is 131 cm³/mol. The number of fused-ring (bicyclic) bond motifs is 1. The standard InChI is InChI=1S/C23H27FN4O2S.O2S/c1-14-5-6-18(17(24)11-14)27-21-20-19(25-13-26-21)16(12-31-20)15-7-9-28(10-8-15)22(29)30-23(2,3)4;1-3-2/h5-6,11-13,15H,7-10H2,1-4H3,(H,25,26,27);. The van der Waals surface area contributed by atoms with Crippen molar-refractivity contribution in [1.29, 1.82) is 0 Å². The van der Waals surface area contributed by atoms with Crippen LogP contribution in [-0.4, -0.2) is 48.1 Å². The molecule has 34 heavy (non-hydrogen) atoms. The Kier molecular flexibility index (Phi) is 8.32. The van der Waals surface area contributed by atoms with Crippen molar-refractivity contribution >= 4 is 50.7 Å². The van der Waals surface area contributed by atoms with Crippen molar-refractivity contribution in [2.75, 3.05) is 18.4 Å². The van der Waals surface area contributed by atoms with Gasteiger partial charge in [-0.05, 0) is 75.1 Å². The molecule has 3 aromatic rings. The van der Waals surface area contributed by atoms with Gasteiger partial charge in [-0.15, -0.1) is 11.3 Å². The molecule has 0 atom stereocenters. The quantitative estimate of drug-likeness (QED) is 0.512. The molecule has 1 saturated heterocycles. The number of aryl methyl sites for hydroxylation is 1. The van der Waals surface area contributed by atoms with E-state index < -0.39 is 17.2 Å². The van der Waals surface area contributed by atoms with Gasteiger partial charge in [0.1, 0.15) is 17.7 Å². The number of ether oxygens (including phenoxy) is 1. The zero-order valence-electron chi connectivity index (χ0n) is 19.5. The lowest BCUT2D eigenvalue weighted by Gasteiger charge is -2.33. The molecule has 0 radical (unpaired) electrons. The summed E-state index contributed by atoms with van der Waals surface area (Å²) < 4.78 is 37.3. The Morgan fingerprint density at radius 2 is 1.91 bits per heavy atom. The topological polar surface area (TPSA) is 101 Å². The van der Waals surface area contributed by atoms with Crippen molar-refractivity contribution in [3.8, 4) is 0 Å². The van der Waals surface area contributed by atoms with Crippen LogP contribution in [0, 0.1) is 12.7 Å². The second-order valence-corrected chi connectivity index (χ2v) is 10.0. The van der Waals surface area contributed by atoms with Gasteiger partial charge in [-0.1, -0.05) is 6.07 Å². The zero-order valence-corrected chi connectivity index (χ0v) is 21.1. The lowest BCUT2D eigenvalue weighted by Crippen LogP contribution is -2.41. The first-order chi connectivity index (χ1) is 16.1. The number of nitrogens with one attached hydrogen (secondary N) is 1. The maximum atomic E-state index is 14.3. The lowest BCUT2D eigenvalue weighted by atomic mass is 9.90. The van der Waals surface area contributed by atoms with Crippen LogP contribution in [0.15, 0.2) is 29.9 Å². The van der Waals surface area contributed by atoms with Gasteiger partial charge in [0, 0.05) is 13.1 Å². The molecule has 0 saturated carbocycles. The van der Waals surface area contributed by atoms with E-state index >= 15 is 0 Å². The van der Waals surface area contributed by atoms with Crippen molar-refractivity contribution in [1.82, 2.24) is 14.9 Å². The maximum absolute atomic E-state index is 14.3. The Morgan fingerprint density at radius 1 is 1.24 bits per heavy atom. The Morgan fingerprint density at radius 3 is 2.53 bits per heavy atom. The monoisotopic (exact) mass is 506 g/mol. The first-order valence-corrected chi connectivity index (χ1v) is 12.3. The summed E-state index contributed by atoms with van der Waals surface area (Å²) in [5, 5.41) is 5.23. The third-order valence-corrected chi connectivity index (χ3v) is 6.34. The van der Waals surface area contributed by atoms with Crippen LogP contribution >= 0.6 is 11.3 Å². The van der Waals surface area contributed by atoms with E-state index in [1.165, 1.54) is 18.0 Å². The van der Waals surface area contributed by atoms with Gasteiger partial charge in [-0.2, -0.15) is 8.42 Å². The highest BCUT2D eigenvalue weighted by molar-refractivity contribution is 7.51. The van der Waals surface area contributed by atoms with Crippen LogP contribution in [0.25, 0.3) is 10.2 Å². The van der Waals surface area contributed by atoms with Gasteiger partial charge in [0.05, 0.1) is 15.9 Å². The van der Waals surface area contributed by atoms with Gasteiger partial charge in [-0.25, -0.2) is 19.2 Å². The molecule has 1 N–H and O–H groups in total. The summed E-state index contributed by atoms with van der Waals surface area (Å²) in [6.07, 6.45) is 2.97. The molecule has 0 aliphatic carbocycles. The minimum absolute atomic E-state index is 0.255. The molecule has 8 nitrogen and oxygen atoms in total. The van der Waals surface area contributed by atoms with Crippen molar-refractivity contribution in [2.45, 2.75) is 52.1 Å². The Labute approximate surface area is 205 Å². The number of hydrogen-bond acceptors (Lipinski definition) is 8. The molecule has 0 bridgehead atoms. The second kappa shape index (κ2) is 11.0. The van der Waals surface area contributed by atoms with E-state index in [1.54, 1.807) is 22.3 Å². The van der Waals surface area contributed by atoms with Crippen LogP contribution in [0.4, 0.5) is 20.7 Å². The molecule has 1 fully saturated rings. The van der Waals surface area contributed by atoms with E-state index in [1.807, 2.05) is 33.8 Å². The predicted octanol–water partition coefficient (Wildman–Crippen LogP) is 5.33. The number of halogens is 1. The molecule has 1 aromatic carbocycles. The summed E-state index contributed by atoms with van der Waals surface area (Å²) >= 11 is 0.812. The lowest BCUT2D eigenvalue weighted by molar-refractivity contribution is 0.0205. The fourth-order valence-electron chi connectivity index (χ4n) is 3.80. The van der Waals surface area contributed by atoms with Crippen molar-refractivity contribution in [3.63, 3.8) is 0 Å². The minimum Gasteiger partial charge on any atom is -0.444 e. The zero-order chi connectivity index (χ0) is 24.9. The summed E-state index contributed by atoms with van der Waals surface area (Å²) in [7, 11) is 0. The number of aromatic nitrogens is 2. The van der Waals surface area contributed by atoms with E-state index in [0.29, 0.717) is 30.5 Å². The average molecular weight is 507 g/mol. The van der Waals surface area contributed by atoms with E-state index in [0.717, 1.165) is 28.6 Å². The summed E-state index contributed by atoms with van der Waals surface area (Å²) in [6.45, 7) is 8.80. The van der Waals surface area contributed by atoms with Gasteiger partial charge in [-0.3, -0.25) is 0 Å². The average Bonchev–Trinajstić information content (AvgIpc) is 3.20. The number of hydrogen-bond donors (Lipinski definition) is 1. The van der Waals surface area contributed by atoms with Crippen LogP contribution in [-0.2, 0) is 16.3 Å². The van der Waals surface area contributed by atoms with Gasteiger partial charge in [0.2, 0.25) is 0 Å². The van der Waals surface area contributed by atoms with E-state index in [-0.39, 0.29) is 11.9 Å². The number of anilines is 2. The van der Waals surface area contributed by atoms with Crippen molar-refractivity contribution < 1.29 is 22.3 Å². The summed E-state index contributed by atoms with van der Waals surface area (Å²) in [5.74, 6) is 0.611. The molecule has 0 spiro atoms. The van der Waals surface area contributed by atoms with Crippen LogP contribution in [0.5, 0.6) is 0 Å².